The molecule has 8 nitrogen and oxygen atoms in total. The van der Waals surface area contributed by atoms with Gasteiger partial charge in [-0.3, -0.25) is 0 Å². The van der Waals surface area contributed by atoms with Crippen LogP contribution in [0.15, 0.2) is 0 Å². The van der Waals surface area contributed by atoms with E-state index < -0.39 is 11.9 Å². The Balaban J connectivity index is -0.000000116. The van der Waals surface area contributed by atoms with E-state index in [0.717, 1.165) is 0 Å². The van der Waals surface area contributed by atoms with Gasteiger partial charge in [-0.15, -0.1) is 0 Å². The van der Waals surface area contributed by atoms with Crippen LogP contribution in [-0.2, 0) is 66.9 Å². The van der Waals surface area contributed by atoms with Crippen molar-refractivity contribution in [3.63, 3.8) is 0 Å². The van der Waals surface area contributed by atoms with Gasteiger partial charge in [0.1, 0.15) is 0 Å². The first-order valence-electron chi connectivity index (χ1n) is 4.49. The average Bonchev–Trinajstić information content (AvgIpc) is 2.15. The number of carbonyl (C=O) groups excluding carboxylic acids is 4. The van der Waals surface area contributed by atoms with E-state index in [2.05, 4.69) is 18.3 Å². The van der Waals surface area contributed by atoms with Crippen molar-refractivity contribution in [3.8, 4) is 0 Å². The Morgan fingerprint density at radius 2 is 1.05 bits per heavy atom. The van der Waals surface area contributed by atoms with E-state index in [-0.39, 0.29) is 51.5 Å². The van der Waals surface area contributed by atoms with Crippen LogP contribution in [-0.4, -0.2) is 35.1 Å². The summed E-state index contributed by atoms with van der Waals surface area (Å²) in [5.74, 6) is -1.09. The minimum atomic E-state index is -0.545. The number of esters is 2. The normalized spacial score (nSPS) is 9.60. The molecule has 4 radical (unpaired) electrons. The molecule has 0 spiro atoms. The molecule has 0 aliphatic carbocycles. The number of rotatable bonds is 4. The van der Waals surface area contributed by atoms with Crippen molar-refractivity contribution in [2.24, 2.45) is 0 Å². The van der Waals surface area contributed by atoms with Crippen molar-refractivity contribution in [2.45, 2.75) is 27.7 Å². The van der Waals surface area contributed by atoms with Crippen molar-refractivity contribution in [2.75, 3.05) is 0 Å². The van der Waals surface area contributed by atoms with Crippen LogP contribution in [0, 0.1) is 12.6 Å². The molecule has 0 rings (SSSR count). The maximum absolute atomic E-state index is 9.97. The fourth-order valence-corrected chi connectivity index (χ4v) is 0.280. The molecule has 0 aliphatic rings. The Kier molecular flexibility index (Phi) is 25.6. The topological polar surface area (TPSA) is 116 Å². The summed E-state index contributed by atoms with van der Waals surface area (Å²) in [6.07, 6.45) is -0.646. The molecular weight excluding hydrogens is 454 g/mol. The molecule has 0 unspecified atom stereocenters. The van der Waals surface area contributed by atoms with Crippen molar-refractivity contribution >= 4 is 24.9 Å². The molecule has 0 heterocycles. The smallest absolute Gasteiger partial charge is 0.423 e. The summed E-state index contributed by atoms with van der Waals surface area (Å²) in [6.45, 7) is 8.47. The zero-order valence-electron chi connectivity index (χ0n) is 11.0. The van der Waals surface area contributed by atoms with E-state index in [1.165, 1.54) is 27.7 Å². The zero-order valence-corrected chi connectivity index (χ0v) is 14.3. The fraction of sp³-hybridized carbons (Fsp3) is 0.400. The molecule has 0 fully saturated rings. The van der Waals surface area contributed by atoms with E-state index in [0.29, 0.717) is 0 Å². The van der Waals surface area contributed by atoms with Crippen molar-refractivity contribution in [1.29, 1.82) is 0 Å². The summed E-state index contributed by atoms with van der Waals surface area (Å²) in [5.41, 5.74) is 0. The van der Waals surface area contributed by atoms with Gasteiger partial charge in [0.25, 0.3) is 11.9 Å². The number of aliphatic hydroxyl groups is 2. The number of hydrogen-bond acceptors (Lipinski definition) is 6. The Morgan fingerprint density at radius 1 is 0.800 bits per heavy atom. The van der Waals surface area contributed by atoms with Crippen LogP contribution in [0.5, 0.6) is 0 Å². The second-order valence-electron chi connectivity index (χ2n) is 2.60. The monoisotopic (exact) mass is 468 g/mol. The Morgan fingerprint density at radius 3 is 1.20 bits per heavy atom. The first-order valence-corrected chi connectivity index (χ1v) is 4.49. The zero-order chi connectivity index (χ0) is 14.6. The first-order chi connectivity index (χ1) is 8.25. The van der Waals surface area contributed by atoms with Crippen molar-refractivity contribution < 1.29 is 77.1 Å². The Bertz CT molecular complexity index is 272. The van der Waals surface area contributed by atoms with E-state index in [4.69, 9.17) is 10.2 Å². The molecule has 2 N–H and O–H groups in total. The summed E-state index contributed by atoms with van der Waals surface area (Å²) in [7, 11) is 0. The second-order valence-corrected chi connectivity index (χ2v) is 2.60. The Hall–Kier alpha value is -0.553. The van der Waals surface area contributed by atoms with Gasteiger partial charge in [-0.1, -0.05) is 0 Å². The van der Waals surface area contributed by atoms with Crippen molar-refractivity contribution in [1.82, 2.24) is 0 Å². The minimum Gasteiger partial charge on any atom is -0.429 e. The van der Waals surface area contributed by atoms with E-state index in [1.54, 1.807) is 12.9 Å². The van der Waals surface area contributed by atoms with E-state index in [9.17, 15) is 9.59 Å². The molecule has 0 aromatic heterocycles. The van der Waals surface area contributed by atoms with Crippen LogP contribution in [0.1, 0.15) is 27.7 Å². The van der Waals surface area contributed by atoms with Crippen LogP contribution >= 0.6 is 0 Å². The van der Waals surface area contributed by atoms with E-state index in [1.807, 2.05) is 0 Å². The molecule has 0 amide bonds. The predicted octanol–water partition coefficient (Wildman–Crippen LogP) is 0.0636. The minimum absolute atomic E-state index is 0. The second kappa shape index (κ2) is 18.4. The van der Waals surface area contributed by atoms with Gasteiger partial charge in [0, 0.05) is 52.8 Å². The summed E-state index contributed by atoms with van der Waals surface area (Å²) < 4.78 is 16.4. The van der Waals surface area contributed by atoms with Gasteiger partial charge in [0.05, 0.1) is 0 Å². The van der Waals surface area contributed by atoms with Gasteiger partial charge in [-0.25, -0.2) is 0 Å². The largest absolute Gasteiger partial charge is 0.429 e. The van der Waals surface area contributed by atoms with Crippen LogP contribution in [0.3, 0.4) is 0 Å². The summed E-state index contributed by atoms with van der Waals surface area (Å²) >= 11 is 0. The quantitative estimate of drug-likeness (QED) is 0.199. The third-order valence-corrected chi connectivity index (χ3v) is 0.750. The summed E-state index contributed by atoms with van der Waals surface area (Å²) in [4.78, 5) is 19.9. The number of hydrogen-bond donors (Lipinski definition) is 2. The average molecular weight is 468 g/mol. The third-order valence-electron chi connectivity index (χ3n) is 0.750. The molecule has 0 aromatic carbocycles. The number of ether oxygens (including phenoxy) is 2. The third kappa shape index (κ3) is 36.0. The van der Waals surface area contributed by atoms with Gasteiger partial charge in [-0.2, -0.15) is 0 Å². The molecule has 10 heteroatoms. The maximum Gasteiger partial charge on any atom is 0.423 e. The predicted molar refractivity (Wildman–Crippen MR) is 56.6 cm³/mol. The number of carbonyl (C=O) groups is 2. The van der Waals surface area contributed by atoms with Crippen LogP contribution in [0.2, 0.25) is 0 Å². The summed E-state index contributed by atoms with van der Waals surface area (Å²) in [6, 6.07) is 0. The summed E-state index contributed by atoms with van der Waals surface area (Å²) in [5, 5.41) is 16.6. The molecule has 0 saturated heterocycles. The molecule has 0 aromatic rings. The molecule has 120 valence electrons. The molecule has 0 bridgehead atoms. The van der Waals surface area contributed by atoms with Gasteiger partial charge < -0.3 is 38.1 Å². The Labute approximate surface area is 142 Å². The molecule has 0 aliphatic heterocycles. The van der Waals surface area contributed by atoms with Crippen LogP contribution < -0.4 is 0 Å². The van der Waals surface area contributed by atoms with Crippen molar-refractivity contribution in [3.05, 3.63) is 12.6 Å². The van der Waals surface area contributed by atoms with Crippen LogP contribution in [0.4, 0.5) is 0 Å². The van der Waals surface area contributed by atoms with Gasteiger partial charge in [0.2, 0.25) is 0 Å². The first kappa shape index (κ1) is 27.7. The van der Waals surface area contributed by atoms with E-state index >= 15 is 0 Å². The fourth-order valence-electron chi connectivity index (χ4n) is 0.280. The van der Waals surface area contributed by atoms with Gasteiger partial charge >= 0.3 is 25.5 Å². The molecule has 0 saturated carbocycles. The maximum atomic E-state index is 9.97. The molecule has 0 atom stereocenters. The van der Waals surface area contributed by atoms with Gasteiger partial charge in [-0.05, 0) is 13.8 Å². The molecule has 20 heavy (non-hydrogen) atoms. The van der Waals surface area contributed by atoms with Gasteiger partial charge in [0.15, 0.2) is 0 Å². The SMILES string of the molecule is C[C](O)[O+]=[C-]OC(C)=O.C[C](O)[O+]=[C-]OC(C)=O.[Rh].[Rh]. The van der Waals surface area contributed by atoms with Crippen LogP contribution in [0.25, 0.3) is 0 Å². The molecular formula is C10H14O8Rh2. The number of aliphatic hydroxyl groups excluding tert-OH is 2. The standard InChI is InChI=1S/2C5H7O4.2Rh/c2*1-4(6)8-3-9-5(2)7;;/h2*6H,1-2H3;;.